The predicted molar refractivity (Wildman–Crippen MR) is 103 cm³/mol. The number of aryl methyl sites for hydroxylation is 1. The summed E-state index contributed by atoms with van der Waals surface area (Å²) in [6.07, 6.45) is 6.02. The molecule has 4 heteroatoms. The summed E-state index contributed by atoms with van der Waals surface area (Å²) >= 11 is 0. The first-order valence-electron chi connectivity index (χ1n) is 9.57. The van der Waals surface area contributed by atoms with Crippen molar-refractivity contribution in [2.24, 2.45) is 7.05 Å². The van der Waals surface area contributed by atoms with Crippen molar-refractivity contribution in [3.05, 3.63) is 65.9 Å². The lowest BCUT2D eigenvalue weighted by Gasteiger charge is -2.44. The number of aliphatic hydroxyl groups is 1. The average Bonchev–Trinajstić information content (AvgIpc) is 3.12. The van der Waals surface area contributed by atoms with Crippen LogP contribution < -0.4 is 0 Å². The molecule has 3 aromatic rings. The summed E-state index contributed by atoms with van der Waals surface area (Å²) in [6.45, 7) is 0.992. The highest BCUT2D eigenvalue weighted by Gasteiger charge is 2.48. The van der Waals surface area contributed by atoms with E-state index >= 15 is 0 Å². The molecule has 26 heavy (non-hydrogen) atoms. The van der Waals surface area contributed by atoms with Crippen LogP contribution in [0.4, 0.5) is 0 Å². The standard InChI is InChI=1S/C22H25N3O/c1-24-15-17-7-8-18(11-21(17)23-24)22(26)12-19-9-10-20(13-22)25(19)14-16-5-3-2-4-6-16/h2-8,11,15,19-20,26H,9-10,12-14H2,1H3. The van der Waals surface area contributed by atoms with Crippen molar-refractivity contribution in [1.82, 2.24) is 14.7 Å². The SMILES string of the molecule is Cn1cc2ccc(C3(O)CC4CCC(C3)N4Cc3ccccc3)cc2n1. The van der Waals surface area contributed by atoms with Gasteiger partial charge in [0.2, 0.25) is 0 Å². The Labute approximate surface area is 154 Å². The zero-order chi connectivity index (χ0) is 17.7. The molecular weight excluding hydrogens is 322 g/mol. The number of piperidine rings is 1. The van der Waals surface area contributed by atoms with E-state index in [9.17, 15) is 5.11 Å². The van der Waals surface area contributed by atoms with Gasteiger partial charge in [-0.3, -0.25) is 9.58 Å². The third-order valence-corrected chi connectivity index (χ3v) is 6.28. The maximum Gasteiger partial charge on any atom is 0.0927 e. The van der Waals surface area contributed by atoms with Crippen molar-refractivity contribution in [2.45, 2.75) is 49.9 Å². The number of hydrogen-bond donors (Lipinski definition) is 1. The molecule has 2 aliphatic heterocycles. The van der Waals surface area contributed by atoms with E-state index in [0.29, 0.717) is 12.1 Å². The highest BCUT2D eigenvalue weighted by Crippen LogP contribution is 2.46. The molecule has 134 valence electrons. The van der Waals surface area contributed by atoms with Crippen molar-refractivity contribution in [3.8, 4) is 0 Å². The first kappa shape index (κ1) is 16.0. The third kappa shape index (κ3) is 2.65. The second-order valence-electron chi connectivity index (χ2n) is 8.06. The van der Waals surface area contributed by atoms with Crippen LogP contribution in [0.15, 0.2) is 54.7 Å². The summed E-state index contributed by atoms with van der Waals surface area (Å²) in [7, 11) is 1.94. The van der Waals surface area contributed by atoms with E-state index in [1.165, 1.54) is 18.4 Å². The smallest absolute Gasteiger partial charge is 0.0927 e. The van der Waals surface area contributed by atoms with Gasteiger partial charge in [-0.05, 0) is 42.9 Å². The van der Waals surface area contributed by atoms with Crippen LogP contribution in [0.5, 0.6) is 0 Å². The molecule has 2 saturated heterocycles. The van der Waals surface area contributed by atoms with Gasteiger partial charge in [-0.25, -0.2) is 0 Å². The van der Waals surface area contributed by atoms with Gasteiger partial charge in [-0.1, -0.05) is 42.5 Å². The van der Waals surface area contributed by atoms with E-state index < -0.39 is 5.60 Å². The van der Waals surface area contributed by atoms with Gasteiger partial charge < -0.3 is 5.11 Å². The maximum absolute atomic E-state index is 11.5. The van der Waals surface area contributed by atoms with Crippen LogP contribution in [-0.2, 0) is 19.2 Å². The van der Waals surface area contributed by atoms with E-state index in [1.807, 2.05) is 17.9 Å². The van der Waals surface area contributed by atoms with Gasteiger partial charge in [-0.2, -0.15) is 5.10 Å². The average molecular weight is 347 g/mol. The number of fused-ring (bicyclic) bond motifs is 3. The summed E-state index contributed by atoms with van der Waals surface area (Å²) in [5, 5.41) is 17.2. The van der Waals surface area contributed by atoms with Crippen LogP contribution in [0.3, 0.4) is 0 Å². The van der Waals surface area contributed by atoms with E-state index in [2.05, 4.69) is 58.5 Å². The van der Waals surface area contributed by atoms with E-state index in [-0.39, 0.29) is 0 Å². The number of benzene rings is 2. The minimum atomic E-state index is -0.731. The van der Waals surface area contributed by atoms with Gasteiger partial charge in [0, 0.05) is 37.3 Å². The Kier molecular flexibility index (Phi) is 3.66. The van der Waals surface area contributed by atoms with E-state index in [1.54, 1.807) is 0 Å². The molecule has 2 atom stereocenters. The van der Waals surface area contributed by atoms with Crippen LogP contribution in [0.25, 0.3) is 10.9 Å². The third-order valence-electron chi connectivity index (χ3n) is 6.28. The fraction of sp³-hybridized carbons (Fsp3) is 0.409. The molecule has 2 unspecified atom stereocenters. The summed E-state index contributed by atoms with van der Waals surface area (Å²) < 4.78 is 1.84. The minimum absolute atomic E-state index is 0.457. The van der Waals surface area contributed by atoms with Crippen LogP contribution in [0, 0.1) is 0 Å². The lowest BCUT2D eigenvalue weighted by Crippen LogP contribution is -2.49. The molecule has 4 nitrogen and oxygen atoms in total. The predicted octanol–water partition coefficient (Wildman–Crippen LogP) is 3.59. The van der Waals surface area contributed by atoms with Gasteiger partial charge in [-0.15, -0.1) is 0 Å². The first-order chi connectivity index (χ1) is 12.6. The Morgan fingerprint density at radius 2 is 1.81 bits per heavy atom. The Balaban J connectivity index is 1.41. The Morgan fingerprint density at radius 1 is 1.08 bits per heavy atom. The van der Waals surface area contributed by atoms with Crippen LogP contribution in [-0.4, -0.2) is 31.9 Å². The summed E-state index contributed by atoms with van der Waals surface area (Å²) in [6, 6.07) is 17.9. The monoisotopic (exact) mass is 347 g/mol. The van der Waals surface area contributed by atoms with Gasteiger partial charge in [0.25, 0.3) is 0 Å². The van der Waals surface area contributed by atoms with Crippen molar-refractivity contribution < 1.29 is 5.11 Å². The van der Waals surface area contributed by atoms with Crippen LogP contribution >= 0.6 is 0 Å². The number of hydrogen-bond acceptors (Lipinski definition) is 3. The number of aromatic nitrogens is 2. The molecule has 0 saturated carbocycles. The second kappa shape index (κ2) is 5.93. The molecule has 0 aliphatic carbocycles. The molecule has 2 bridgehead atoms. The van der Waals surface area contributed by atoms with Crippen molar-refractivity contribution in [1.29, 1.82) is 0 Å². The maximum atomic E-state index is 11.5. The van der Waals surface area contributed by atoms with Crippen molar-refractivity contribution in [2.75, 3.05) is 0 Å². The van der Waals surface area contributed by atoms with E-state index in [0.717, 1.165) is 35.9 Å². The highest BCUT2D eigenvalue weighted by atomic mass is 16.3. The molecule has 0 amide bonds. The molecule has 5 rings (SSSR count). The van der Waals surface area contributed by atoms with Crippen molar-refractivity contribution >= 4 is 10.9 Å². The fourth-order valence-electron chi connectivity index (χ4n) is 5.03. The van der Waals surface area contributed by atoms with Gasteiger partial charge in [0.15, 0.2) is 0 Å². The highest BCUT2D eigenvalue weighted by molar-refractivity contribution is 5.79. The van der Waals surface area contributed by atoms with E-state index in [4.69, 9.17) is 0 Å². The molecule has 2 fully saturated rings. The number of nitrogens with zero attached hydrogens (tertiary/aromatic N) is 3. The topological polar surface area (TPSA) is 41.3 Å². The Morgan fingerprint density at radius 3 is 2.54 bits per heavy atom. The van der Waals surface area contributed by atoms with Crippen LogP contribution in [0.2, 0.25) is 0 Å². The Bertz CT molecular complexity index is 919. The quantitative estimate of drug-likeness (QED) is 0.787. The summed E-state index contributed by atoms with van der Waals surface area (Å²) in [5.74, 6) is 0. The zero-order valence-electron chi connectivity index (χ0n) is 15.2. The zero-order valence-corrected chi connectivity index (χ0v) is 15.2. The molecule has 2 aromatic carbocycles. The van der Waals surface area contributed by atoms with Gasteiger partial charge >= 0.3 is 0 Å². The lowest BCUT2D eigenvalue weighted by molar-refractivity contribution is -0.0594. The summed E-state index contributed by atoms with van der Waals surface area (Å²) in [5.41, 5.74) is 2.63. The van der Waals surface area contributed by atoms with Crippen molar-refractivity contribution in [3.63, 3.8) is 0 Å². The molecular formula is C22H25N3O. The molecule has 0 spiro atoms. The molecule has 1 aromatic heterocycles. The van der Waals surface area contributed by atoms with Gasteiger partial charge in [0.05, 0.1) is 11.1 Å². The number of rotatable bonds is 3. The summed E-state index contributed by atoms with van der Waals surface area (Å²) in [4.78, 5) is 2.61. The molecule has 0 radical (unpaired) electrons. The van der Waals surface area contributed by atoms with Gasteiger partial charge in [0.1, 0.15) is 0 Å². The molecule has 3 heterocycles. The molecule has 1 N–H and O–H groups in total. The Hall–Kier alpha value is -2.17. The fourth-order valence-corrected chi connectivity index (χ4v) is 5.03. The largest absolute Gasteiger partial charge is 0.385 e. The minimum Gasteiger partial charge on any atom is -0.385 e. The normalized spacial score (nSPS) is 28.7. The molecule has 2 aliphatic rings. The first-order valence-corrected chi connectivity index (χ1v) is 9.57. The second-order valence-corrected chi connectivity index (χ2v) is 8.06. The lowest BCUT2D eigenvalue weighted by atomic mass is 9.80. The van der Waals surface area contributed by atoms with Crippen LogP contribution in [0.1, 0.15) is 36.8 Å².